The average Bonchev–Trinajstić information content (AvgIpc) is 3.10. The van der Waals surface area contributed by atoms with Gasteiger partial charge in [0.1, 0.15) is 12.1 Å². The summed E-state index contributed by atoms with van der Waals surface area (Å²) in [6.45, 7) is 5.46. The summed E-state index contributed by atoms with van der Waals surface area (Å²) >= 11 is 1.71. The molecule has 2 aliphatic rings. The van der Waals surface area contributed by atoms with Gasteiger partial charge in [-0.25, -0.2) is 0 Å². The summed E-state index contributed by atoms with van der Waals surface area (Å²) in [7, 11) is 0. The molecule has 2 unspecified atom stereocenters. The average molecular weight is 306 g/mol. The third kappa shape index (κ3) is 2.59. The number of fused-ring (bicyclic) bond motifs is 1. The topological polar surface area (TPSA) is 40.6 Å². The summed E-state index contributed by atoms with van der Waals surface area (Å²) in [6.07, 6.45) is 2.61. The maximum absolute atomic E-state index is 12.8. The van der Waals surface area contributed by atoms with Crippen LogP contribution in [-0.4, -0.2) is 46.8 Å². The van der Waals surface area contributed by atoms with Gasteiger partial charge >= 0.3 is 0 Å². The molecule has 0 aliphatic carbocycles. The summed E-state index contributed by atoms with van der Waals surface area (Å²) in [5, 5.41) is 2.05. The molecule has 2 saturated heterocycles. The number of carbonyl (C=O) groups is 2. The van der Waals surface area contributed by atoms with Crippen LogP contribution in [0.3, 0.4) is 0 Å². The Labute approximate surface area is 129 Å². The summed E-state index contributed by atoms with van der Waals surface area (Å²) in [5.41, 5.74) is 0. The molecule has 2 amide bonds. The molecule has 114 valence electrons. The standard InChI is InChI=1S/C16H22N2O2S/c1-11(2)14-16(20)17-8-3-6-13(17)15(19)18(14)9-7-12-5-4-10-21-12/h4-5,10-11,13-14H,3,6-9H2,1-2H3. The van der Waals surface area contributed by atoms with Crippen molar-refractivity contribution >= 4 is 23.2 Å². The van der Waals surface area contributed by atoms with E-state index in [1.165, 1.54) is 4.88 Å². The smallest absolute Gasteiger partial charge is 0.246 e. The monoisotopic (exact) mass is 306 g/mol. The lowest BCUT2D eigenvalue weighted by Crippen LogP contribution is -2.64. The highest BCUT2D eigenvalue weighted by atomic mass is 32.1. The van der Waals surface area contributed by atoms with Gasteiger partial charge in [0.2, 0.25) is 11.8 Å². The Hall–Kier alpha value is -1.36. The van der Waals surface area contributed by atoms with Gasteiger partial charge in [-0.2, -0.15) is 0 Å². The molecule has 1 aromatic heterocycles. The van der Waals surface area contributed by atoms with E-state index in [9.17, 15) is 9.59 Å². The highest BCUT2D eigenvalue weighted by molar-refractivity contribution is 7.09. The number of nitrogens with zero attached hydrogens (tertiary/aromatic N) is 2. The third-order valence-corrected chi connectivity index (χ3v) is 5.44. The molecule has 3 rings (SSSR count). The first-order valence-electron chi connectivity index (χ1n) is 7.73. The van der Waals surface area contributed by atoms with Gasteiger partial charge in [-0.1, -0.05) is 19.9 Å². The molecular formula is C16H22N2O2S. The van der Waals surface area contributed by atoms with Crippen LogP contribution in [0, 0.1) is 5.92 Å². The van der Waals surface area contributed by atoms with Gasteiger partial charge in [0, 0.05) is 18.0 Å². The van der Waals surface area contributed by atoms with Crippen molar-refractivity contribution in [3.8, 4) is 0 Å². The van der Waals surface area contributed by atoms with Crippen LogP contribution in [0.1, 0.15) is 31.6 Å². The van der Waals surface area contributed by atoms with E-state index < -0.39 is 0 Å². The van der Waals surface area contributed by atoms with E-state index in [4.69, 9.17) is 0 Å². The van der Waals surface area contributed by atoms with Gasteiger partial charge in [0.05, 0.1) is 0 Å². The van der Waals surface area contributed by atoms with Gasteiger partial charge in [-0.15, -0.1) is 11.3 Å². The predicted octanol–water partition coefficient (Wildman–Crippen LogP) is 2.15. The van der Waals surface area contributed by atoms with Crippen molar-refractivity contribution in [1.82, 2.24) is 9.80 Å². The van der Waals surface area contributed by atoms with Crippen LogP contribution in [0.4, 0.5) is 0 Å². The minimum absolute atomic E-state index is 0.151. The summed E-state index contributed by atoms with van der Waals surface area (Å²) in [4.78, 5) is 30.4. The maximum Gasteiger partial charge on any atom is 0.246 e. The van der Waals surface area contributed by atoms with E-state index in [2.05, 4.69) is 11.4 Å². The first-order valence-corrected chi connectivity index (χ1v) is 8.61. The molecule has 2 atom stereocenters. The zero-order valence-corrected chi connectivity index (χ0v) is 13.4. The Morgan fingerprint density at radius 3 is 2.81 bits per heavy atom. The normalized spacial score (nSPS) is 25.9. The molecular weight excluding hydrogens is 284 g/mol. The second-order valence-corrected chi connectivity index (χ2v) is 7.27. The van der Waals surface area contributed by atoms with Crippen LogP contribution in [0.5, 0.6) is 0 Å². The van der Waals surface area contributed by atoms with Crippen molar-refractivity contribution in [2.24, 2.45) is 5.92 Å². The largest absolute Gasteiger partial charge is 0.329 e. The number of carbonyl (C=O) groups excluding carboxylic acids is 2. The number of piperazine rings is 1. The quantitative estimate of drug-likeness (QED) is 0.855. The van der Waals surface area contributed by atoms with E-state index in [1.807, 2.05) is 29.7 Å². The molecule has 0 bridgehead atoms. The Bertz CT molecular complexity index is 526. The highest BCUT2D eigenvalue weighted by Crippen LogP contribution is 2.30. The summed E-state index contributed by atoms with van der Waals surface area (Å²) < 4.78 is 0. The number of amides is 2. The number of hydrogen-bond donors (Lipinski definition) is 0. The lowest BCUT2D eigenvalue weighted by molar-refractivity contribution is -0.161. The SMILES string of the molecule is CC(C)C1C(=O)N2CCCC2C(=O)N1CCc1cccs1. The fourth-order valence-corrected chi connectivity index (χ4v) is 4.20. The number of rotatable bonds is 4. The van der Waals surface area contributed by atoms with Crippen LogP contribution in [0.2, 0.25) is 0 Å². The van der Waals surface area contributed by atoms with E-state index >= 15 is 0 Å². The van der Waals surface area contributed by atoms with Crippen molar-refractivity contribution in [3.05, 3.63) is 22.4 Å². The highest BCUT2D eigenvalue weighted by Gasteiger charge is 2.48. The number of hydrogen-bond acceptors (Lipinski definition) is 3. The molecule has 2 fully saturated rings. The van der Waals surface area contributed by atoms with Gasteiger partial charge in [0.25, 0.3) is 0 Å². The van der Waals surface area contributed by atoms with Crippen molar-refractivity contribution in [2.75, 3.05) is 13.1 Å². The van der Waals surface area contributed by atoms with Gasteiger partial charge < -0.3 is 9.80 Å². The molecule has 21 heavy (non-hydrogen) atoms. The number of thiophene rings is 1. The molecule has 2 aliphatic heterocycles. The molecule has 0 N–H and O–H groups in total. The van der Waals surface area contributed by atoms with Crippen molar-refractivity contribution in [1.29, 1.82) is 0 Å². The fraction of sp³-hybridized carbons (Fsp3) is 0.625. The van der Waals surface area contributed by atoms with Crippen molar-refractivity contribution in [2.45, 2.75) is 45.2 Å². The van der Waals surface area contributed by atoms with E-state index in [-0.39, 0.29) is 29.8 Å². The van der Waals surface area contributed by atoms with Gasteiger partial charge in [0.15, 0.2) is 0 Å². The van der Waals surface area contributed by atoms with Crippen LogP contribution >= 0.6 is 11.3 Å². The summed E-state index contributed by atoms with van der Waals surface area (Å²) in [5.74, 6) is 0.465. The zero-order chi connectivity index (χ0) is 15.0. The van der Waals surface area contributed by atoms with E-state index in [1.54, 1.807) is 11.3 Å². The van der Waals surface area contributed by atoms with Crippen molar-refractivity contribution < 1.29 is 9.59 Å². The van der Waals surface area contributed by atoms with Crippen LogP contribution in [-0.2, 0) is 16.0 Å². The van der Waals surface area contributed by atoms with Crippen molar-refractivity contribution in [3.63, 3.8) is 0 Å². The van der Waals surface area contributed by atoms with Crippen LogP contribution < -0.4 is 0 Å². The molecule has 0 spiro atoms. The molecule has 1 aromatic rings. The zero-order valence-electron chi connectivity index (χ0n) is 12.6. The van der Waals surface area contributed by atoms with E-state index in [0.29, 0.717) is 6.54 Å². The van der Waals surface area contributed by atoms with Gasteiger partial charge in [-0.3, -0.25) is 9.59 Å². The minimum atomic E-state index is -0.285. The Kier molecular flexibility index (Phi) is 4.02. The molecule has 3 heterocycles. The first-order chi connectivity index (χ1) is 10.1. The minimum Gasteiger partial charge on any atom is -0.329 e. The first kappa shape index (κ1) is 14.6. The Morgan fingerprint density at radius 2 is 2.14 bits per heavy atom. The Morgan fingerprint density at radius 1 is 1.33 bits per heavy atom. The molecule has 0 radical (unpaired) electrons. The van der Waals surface area contributed by atoms with Crippen LogP contribution in [0.25, 0.3) is 0 Å². The van der Waals surface area contributed by atoms with Gasteiger partial charge in [-0.05, 0) is 36.6 Å². The van der Waals surface area contributed by atoms with E-state index in [0.717, 1.165) is 25.8 Å². The molecule has 0 aromatic carbocycles. The predicted molar refractivity (Wildman–Crippen MR) is 83.1 cm³/mol. The lowest BCUT2D eigenvalue weighted by Gasteiger charge is -2.44. The van der Waals surface area contributed by atoms with Crippen LogP contribution in [0.15, 0.2) is 17.5 Å². The Balaban J connectivity index is 1.80. The maximum atomic E-state index is 12.8. The summed E-state index contributed by atoms with van der Waals surface area (Å²) in [6, 6.07) is 3.64. The fourth-order valence-electron chi connectivity index (χ4n) is 3.50. The lowest BCUT2D eigenvalue weighted by atomic mass is 9.95. The second-order valence-electron chi connectivity index (χ2n) is 6.24. The molecule has 0 saturated carbocycles. The molecule has 4 nitrogen and oxygen atoms in total. The molecule has 5 heteroatoms. The second kappa shape index (κ2) is 5.79. The third-order valence-electron chi connectivity index (χ3n) is 4.50.